The van der Waals surface area contributed by atoms with Crippen LogP contribution in [0.25, 0.3) is 10.3 Å². The minimum absolute atomic E-state index is 0.00498. The Labute approximate surface area is 153 Å². The van der Waals surface area contributed by atoms with E-state index in [2.05, 4.69) is 32.4 Å². The van der Waals surface area contributed by atoms with E-state index in [-0.39, 0.29) is 23.4 Å². The zero-order valence-corrected chi connectivity index (χ0v) is 15.7. The van der Waals surface area contributed by atoms with Gasteiger partial charge in [0, 0.05) is 5.75 Å². The van der Waals surface area contributed by atoms with Crippen molar-refractivity contribution < 1.29 is 5.11 Å². The highest BCUT2D eigenvalue weighted by Gasteiger charge is 2.17. The van der Waals surface area contributed by atoms with E-state index in [1.165, 1.54) is 17.3 Å². The first-order valence-corrected chi connectivity index (χ1v) is 9.82. The van der Waals surface area contributed by atoms with E-state index >= 15 is 0 Å². The maximum atomic E-state index is 11.7. The Bertz CT molecular complexity index is 893. The first-order valence-electron chi connectivity index (χ1n) is 8.02. The lowest BCUT2D eigenvalue weighted by molar-refractivity contribution is 0.249. The van der Waals surface area contributed by atoms with Crippen molar-refractivity contribution in [1.82, 2.24) is 15.0 Å². The van der Waals surface area contributed by atoms with Gasteiger partial charge in [-0.15, -0.1) is 0 Å². The molecular weight excluding hydrogens is 356 g/mol. The predicted molar refractivity (Wildman–Crippen MR) is 103 cm³/mol. The van der Waals surface area contributed by atoms with E-state index in [0.717, 1.165) is 17.1 Å². The average molecular weight is 377 g/mol. The molecule has 0 aliphatic heterocycles. The summed E-state index contributed by atoms with van der Waals surface area (Å²) in [6, 6.07) is 9.95. The number of aliphatic hydroxyl groups excluding tert-OH is 1. The summed E-state index contributed by atoms with van der Waals surface area (Å²) in [5.74, 6) is 1.57. The van der Waals surface area contributed by atoms with Gasteiger partial charge in [-0.25, -0.2) is 9.97 Å². The number of aromatic nitrogens is 3. The highest BCUT2D eigenvalue weighted by Crippen LogP contribution is 2.28. The summed E-state index contributed by atoms with van der Waals surface area (Å²) in [5.41, 5.74) is 1.71. The van der Waals surface area contributed by atoms with Gasteiger partial charge in [0.2, 0.25) is 0 Å². The molecule has 0 radical (unpaired) electrons. The number of aromatic amines is 1. The van der Waals surface area contributed by atoms with Crippen LogP contribution >= 0.6 is 23.1 Å². The lowest BCUT2D eigenvalue weighted by Gasteiger charge is -2.20. The van der Waals surface area contributed by atoms with Gasteiger partial charge in [-0.2, -0.15) is 0 Å². The summed E-state index contributed by atoms with van der Waals surface area (Å²) in [6.45, 7) is 4.04. The van der Waals surface area contributed by atoms with Crippen molar-refractivity contribution in [1.29, 1.82) is 0 Å². The smallest absolute Gasteiger partial charge is 0.306 e. The van der Waals surface area contributed by atoms with Gasteiger partial charge in [0.1, 0.15) is 4.70 Å². The number of nitrogens with one attached hydrogen (secondary N) is 2. The molecular formula is C17H20N4O2S2. The average Bonchev–Trinajstić information content (AvgIpc) is 2.98. The topological polar surface area (TPSA) is 90.9 Å². The van der Waals surface area contributed by atoms with E-state index in [1.807, 2.05) is 32.0 Å². The van der Waals surface area contributed by atoms with E-state index in [9.17, 15) is 9.90 Å². The Morgan fingerprint density at radius 3 is 2.72 bits per heavy atom. The fraction of sp³-hybridized carbons (Fsp3) is 0.353. The maximum Gasteiger partial charge on any atom is 0.306 e. The molecule has 132 valence electrons. The second-order valence-electron chi connectivity index (χ2n) is 6.00. The molecule has 0 spiro atoms. The lowest BCUT2D eigenvalue weighted by Crippen LogP contribution is -2.30. The zero-order valence-electron chi connectivity index (χ0n) is 14.0. The van der Waals surface area contributed by atoms with Gasteiger partial charge in [0.25, 0.3) is 0 Å². The predicted octanol–water partition coefficient (Wildman–Crippen LogP) is 3.10. The molecule has 2 heterocycles. The minimum Gasteiger partial charge on any atom is -0.394 e. The highest BCUT2D eigenvalue weighted by molar-refractivity contribution is 7.98. The van der Waals surface area contributed by atoms with Crippen LogP contribution in [0.4, 0.5) is 5.82 Å². The van der Waals surface area contributed by atoms with Crippen molar-refractivity contribution in [2.75, 3.05) is 11.9 Å². The number of hydrogen-bond acceptors (Lipinski definition) is 7. The number of fused-ring (bicyclic) bond motifs is 1. The van der Waals surface area contributed by atoms with Gasteiger partial charge in [0.05, 0.1) is 12.6 Å². The molecule has 0 bridgehead atoms. The number of rotatable bonds is 7. The second-order valence-corrected chi connectivity index (χ2v) is 7.92. The lowest BCUT2D eigenvalue weighted by atomic mass is 10.1. The Hall–Kier alpha value is -1.90. The largest absolute Gasteiger partial charge is 0.394 e. The van der Waals surface area contributed by atoms with Crippen LogP contribution in [0, 0.1) is 5.92 Å². The molecule has 0 aliphatic rings. The molecule has 1 atom stereocenters. The monoisotopic (exact) mass is 376 g/mol. The van der Waals surface area contributed by atoms with Crippen molar-refractivity contribution in [2.45, 2.75) is 30.8 Å². The van der Waals surface area contributed by atoms with Gasteiger partial charge >= 0.3 is 4.87 Å². The molecule has 3 rings (SSSR count). The molecule has 3 aromatic rings. The van der Waals surface area contributed by atoms with Crippen LogP contribution in [0.3, 0.4) is 0 Å². The van der Waals surface area contributed by atoms with E-state index in [4.69, 9.17) is 0 Å². The van der Waals surface area contributed by atoms with E-state index < -0.39 is 0 Å². The standard InChI is InChI=1S/C17H20N4O2S2/c1-10(2)12(8-22)18-14-13-15(21-17(23)25-13)20-16(19-14)24-9-11-6-4-3-5-7-11/h3-7,10,12,22H,8-9H2,1-2H3,(H2,18,19,20,21,23)/t12-/m0/s1. The van der Waals surface area contributed by atoms with Crippen molar-refractivity contribution in [2.24, 2.45) is 5.92 Å². The first-order chi connectivity index (χ1) is 12.1. The van der Waals surface area contributed by atoms with Crippen molar-refractivity contribution in [3.8, 4) is 0 Å². The van der Waals surface area contributed by atoms with Gasteiger partial charge in [0.15, 0.2) is 16.6 Å². The van der Waals surface area contributed by atoms with Gasteiger partial charge in [-0.3, -0.25) is 9.78 Å². The third-order valence-corrected chi connectivity index (χ3v) is 5.59. The second kappa shape index (κ2) is 7.99. The number of nitrogens with zero attached hydrogens (tertiary/aromatic N) is 2. The van der Waals surface area contributed by atoms with Crippen LogP contribution in [0.2, 0.25) is 0 Å². The molecule has 0 unspecified atom stereocenters. The highest BCUT2D eigenvalue weighted by atomic mass is 32.2. The summed E-state index contributed by atoms with van der Waals surface area (Å²) >= 11 is 2.59. The molecule has 0 aliphatic carbocycles. The summed E-state index contributed by atoms with van der Waals surface area (Å²) in [4.78, 5) is 23.4. The van der Waals surface area contributed by atoms with E-state index in [1.54, 1.807) is 0 Å². The van der Waals surface area contributed by atoms with E-state index in [0.29, 0.717) is 21.3 Å². The summed E-state index contributed by atoms with van der Waals surface area (Å²) in [5, 5.41) is 13.4. The summed E-state index contributed by atoms with van der Waals surface area (Å²) < 4.78 is 0.688. The number of benzene rings is 1. The van der Waals surface area contributed by atoms with Crippen LogP contribution in [-0.4, -0.2) is 32.7 Å². The molecule has 0 amide bonds. The molecule has 8 heteroatoms. The summed E-state index contributed by atoms with van der Waals surface area (Å²) in [6.07, 6.45) is 0. The number of aliphatic hydroxyl groups is 1. The fourth-order valence-electron chi connectivity index (χ4n) is 2.31. The SMILES string of the molecule is CC(C)[C@H](CO)Nc1nc(SCc2ccccc2)nc2[nH]c(=O)sc12. The van der Waals surface area contributed by atoms with Crippen LogP contribution in [-0.2, 0) is 5.75 Å². The Morgan fingerprint density at radius 1 is 1.28 bits per heavy atom. The van der Waals surface area contributed by atoms with Crippen LogP contribution < -0.4 is 10.2 Å². The number of thiazole rings is 1. The number of thioether (sulfide) groups is 1. The van der Waals surface area contributed by atoms with Crippen LogP contribution in [0.15, 0.2) is 40.3 Å². The van der Waals surface area contributed by atoms with Crippen molar-refractivity contribution in [3.63, 3.8) is 0 Å². The van der Waals surface area contributed by atoms with Gasteiger partial charge in [-0.05, 0) is 11.5 Å². The maximum absolute atomic E-state index is 11.7. The molecule has 25 heavy (non-hydrogen) atoms. The Kier molecular flexibility index (Phi) is 5.72. The number of hydrogen-bond donors (Lipinski definition) is 3. The first kappa shape index (κ1) is 17.9. The molecule has 6 nitrogen and oxygen atoms in total. The minimum atomic E-state index is -0.164. The van der Waals surface area contributed by atoms with Crippen LogP contribution in [0.1, 0.15) is 19.4 Å². The Balaban J connectivity index is 1.90. The molecule has 3 N–H and O–H groups in total. The van der Waals surface area contributed by atoms with Crippen LogP contribution in [0.5, 0.6) is 0 Å². The van der Waals surface area contributed by atoms with Crippen molar-refractivity contribution >= 4 is 39.3 Å². The normalized spacial score (nSPS) is 12.6. The quantitative estimate of drug-likeness (QED) is 0.434. The number of H-pyrrole nitrogens is 1. The van der Waals surface area contributed by atoms with Gasteiger partial charge in [-0.1, -0.05) is 67.3 Å². The molecule has 0 fully saturated rings. The molecule has 0 saturated heterocycles. The summed E-state index contributed by atoms with van der Waals surface area (Å²) in [7, 11) is 0. The number of anilines is 1. The third kappa shape index (κ3) is 4.39. The molecule has 0 saturated carbocycles. The fourth-order valence-corrected chi connectivity index (χ4v) is 3.84. The molecule has 1 aromatic carbocycles. The Morgan fingerprint density at radius 2 is 2.04 bits per heavy atom. The zero-order chi connectivity index (χ0) is 17.8. The van der Waals surface area contributed by atoms with Crippen molar-refractivity contribution in [3.05, 3.63) is 45.6 Å². The van der Waals surface area contributed by atoms with Gasteiger partial charge < -0.3 is 10.4 Å². The third-order valence-electron chi connectivity index (χ3n) is 3.79. The molecule has 2 aromatic heterocycles.